The molecule has 0 aromatic carbocycles. The number of Topliss-reactive ketones (excluding diaryl/α,β-unsaturated/α-hetero) is 1. The summed E-state index contributed by atoms with van der Waals surface area (Å²) in [5.41, 5.74) is -1.25. The lowest BCUT2D eigenvalue weighted by molar-refractivity contribution is -0.0888. The van der Waals surface area contributed by atoms with Crippen molar-refractivity contribution in [1.29, 1.82) is 0 Å². The van der Waals surface area contributed by atoms with Gasteiger partial charge < -0.3 is 0 Å². The summed E-state index contributed by atoms with van der Waals surface area (Å²) in [6.45, 7) is 0. The predicted molar refractivity (Wildman–Crippen MR) is 39.6 cm³/mol. The van der Waals surface area contributed by atoms with E-state index in [2.05, 4.69) is 4.98 Å². The molecule has 1 aromatic heterocycles. The van der Waals surface area contributed by atoms with E-state index in [1.54, 1.807) is 0 Å². The molecule has 0 aliphatic rings. The number of hydrogen-bond donors (Lipinski definition) is 0. The Hall–Kier alpha value is -1.17. The molecule has 0 saturated carbocycles. The summed E-state index contributed by atoms with van der Waals surface area (Å²) in [7, 11) is 0. The first kappa shape index (κ1) is 10.9. The van der Waals surface area contributed by atoms with Crippen molar-refractivity contribution in [2.75, 3.05) is 0 Å². The molecule has 0 aliphatic carbocycles. The van der Waals surface area contributed by atoms with Crippen molar-refractivity contribution in [3.63, 3.8) is 0 Å². The van der Waals surface area contributed by atoms with E-state index in [0.717, 1.165) is 12.3 Å². The smallest absolute Gasteiger partial charge is 0.284 e. The predicted octanol–water partition coefficient (Wildman–Crippen LogP) is 2.62. The van der Waals surface area contributed by atoms with Gasteiger partial charge in [0.05, 0.1) is 5.02 Å². The number of halogens is 5. The molecule has 0 spiro atoms. The van der Waals surface area contributed by atoms with Crippen LogP contribution in [0.25, 0.3) is 0 Å². The van der Waals surface area contributed by atoms with Gasteiger partial charge in [-0.2, -0.15) is 17.6 Å². The van der Waals surface area contributed by atoms with Crippen molar-refractivity contribution in [2.24, 2.45) is 0 Å². The quantitative estimate of drug-likeness (QED) is 0.419. The fraction of sp³-hybridized carbons (Fsp3) is 0.143. The van der Waals surface area contributed by atoms with Gasteiger partial charge in [-0.15, -0.1) is 0 Å². The molecule has 0 aliphatic heterocycles. The van der Waals surface area contributed by atoms with Crippen LogP contribution in [0.5, 0.6) is 0 Å². The van der Waals surface area contributed by atoms with Crippen molar-refractivity contribution in [3.05, 3.63) is 28.8 Å². The minimum absolute atomic E-state index is 0.611. The maximum Gasteiger partial charge on any atom is 0.455 e. The lowest BCUT2D eigenvalue weighted by Crippen LogP contribution is -2.24. The molecule has 0 N–H and O–H groups in total. The highest BCUT2D eigenvalue weighted by Crippen LogP contribution is 2.26. The number of carbonyl (C=O) groups is 1. The summed E-state index contributed by atoms with van der Waals surface area (Å²) in [4.78, 5) is 13.5. The minimum atomic E-state index is -5.16. The number of nitrogens with zero attached hydrogens (tertiary/aromatic N) is 1. The van der Waals surface area contributed by atoms with Gasteiger partial charge in [0.2, 0.25) is 5.95 Å². The molecular formula is C7H2ClF4NO. The van der Waals surface area contributed by atoms with Gasteiger partial charge in [-0.1, -0.05) is 11.6 Å². The molecule has 76 valence electrons. The second-order valence-corrected chi connectivity index (χ2v) is 2.69. The molecule has 0 unspecified atom stereocenters. The third kappa shape index (κ3) is 2.01. The average molecular weight is 228 g/mol. The molecule has 0 radical (unpaired) electrons. The van der Waals surface area contributed by atoms with Crippen LogP contribution in [0.4, 0.5) is 17.6 Å². The van der Waals surface area contributed by atoms with Crippen molar-refractivity contribution in [2.45, 2.75) is 6.18 Å². The highest BCUT2D eigenvalue weighted by molar-refractivity contribution is 6.34. The Morgan fingerprint density at radius 2 is 2.00 bits per heavy atom. The third-order valence-corrected chi connectivity index (χ3v) is 1.65. The Morgan fingerprint density at radius 1 is 1.43 bits per heavy atom. The van der Waals surface area contributed by atoms with E-state index in [1.807, 2.05) is 0 Å². The van der Waals surface area contributed by atoms with Crippen molar-refractivity contribution >= 4 is 17.4 Å². The molecule has 0 fully saturated rings. The van der Waals surface area contributed by atoms with Gasteiger partial charge in [-0.25, -0.2) is 4.98 Å². The van der Waals surface area contributed by atoms with Crippen LogP contribution in [0.15, 0.2) is 12.3 Å². The third-order valence-electron chi connectivity index (χ3n) is 1.34. The maximum absolute atomic E-state index is 12.7. The molecule has 1 aromatic rings. The number of rotatable bonds is 1. The monoisotopic (exact) mass is 227 g/mol. The maximum atomic E-state index is 12.7. The summed E-state index contributed by atoms with van der Waals surface area (Å²) in [6.07, 6.45) is -4.29. The minimum Gasteiger partial charge on any atom is -0.284 e. The van der Waals surface area contributed by atoms with Crippen LogP contribution in [-0.2, 0) is 0 Å². The lowest BCUT2D eigenvalue weighted by atomic mass is 10.2. The van der Waals surface area contributed by atoms with E-state index in [9.17, 15) is 22.4 Å². The summed E-state index contributed by atoms with van der Waals surface area (Å²) in [6, 6.07) is 0.906. The van der Waals surface area contributed by atoms with E-state index in [0.29, 0.717) is 0 Å². The zero-order valence-corrected chi connectivity index (χ0v) is 7.16. The number of carbonyl (C=O) groups excluding carboxylic acids is 1. The van der Waals surface area contributed by atoms with Gasteiger partial charge in [0.15, 0.2) is 0 Å². The van der Waals surface area contributed by atoms with E-state index < -0.39 is 28.5 Å². The fourth-order valence-corrected chi connectivity index (χ4v) is 0.979. The first-order chi connectivity index (χ1) is 6.34. The Bertz CT molecular complexity index is 356. The largest absolute Gasteiger partial charge is 0.455 e. The van der Waals surface area contributed by atoms with Crippen molar-refractivity contribution in [1.82, 2.24) is 4.98 Å². The molecule has 0 atom stereocenters. The normalized spacial score (nSPS) is 11.5. The lowest BCUT2D eigenvalue weighted by Gasteiger charge is -2.06. The van der Waals surface area contributed by atoms with Gasteiger partial charge in [0.1, 0.15) is 5.56 Å². The summed E-state index contributed by atoms with van der Waals surface area (Å²) in [5, 5.41) is -0.611. The molecule has 0 saturated heterocycles. The molecule has 2 nitrogen and oxygen atoms in total. The molecule has 1 heterocycles. The van der Waals surface area contributed by atoms with Gasteiger partial charge in [0, 0.05) is 6.20 Å². The molecule has 14 heavy (non-hydrogen) atoms. The number of hydrogen-bond acceptors (Lipinski definition) is 2. The summed E-state index contributed by atoms with van der Waals surface area (Å²) in [5.74, 6) is -3.87. The SMILES string of the molecule is O=C(c1c(Cl)ccnc1F)C(F)(F)F. The van der Waals surface area contributed by atoms with Crippen LogP contribution < -0.4 is 0 Å². The van der Waals surface area contributed by atoms with Crippen molar-refractivity contribution in [3.8, 4) is 0 Å². The first-order valence-electron chi connectivity index (χ1n) is 3.25. The van der Waals surface area contributed by atoms with Crippen LogP contribution in [0.2, 0.25) is 5.02 Å². The van der Waals surface area contributed by atoms with Gasteiger partial charge >= 0.3 is 6.18 Å². The van der Waals surface area contributed by atoms with E-state index >= 15 is 0 Å². The number of aromatic nitrogens is 1. The number of alkyl halides is 3. The van der Waals surface area contributed by atoms with Crippen LogP contribution in [0, 0.1) is 5.95 Å². The second-order valence-electron chi connectivity index (χ2n) is 2.29. The zero-order chi connectivity index (χ0) is 10.9. The van der Waals surface area contributed by atoms with E-state index in [-0.39, 0.29) is 0 Å². The Kier molecular flexibility index (Phi) is 2.75. The summed E-state index contributed by atoms with van der Waals surface area (Å²) < 4.78 is 48.4. The molecule has 1 rings (SSSR count). The van der Waals surface area contributed by atoms with Crippen molar-refractivity contribution < 1.29 is 22.4 Å². The molecule has 0 bridgehead atoms. The van der Waals surface area contributed by atoms with Crippen LogP contribution in [-0.4, -0.2) is 16.9 Å². The Balaban J connectivity index is 3.26. The summed E-state index contributed by atoms with van der Waals surface area (Å²) >= 11 is 5.23. The van der Waals surface area contributed by atoms with Crippen LogP contribution in [0.1, 0.15) is 10.4 Å². The topological polar surface area (TPSA) is 30.0 Å². The Labute approximate surface area is 80.5 Å². The van der Waals surface area contributed by atoms with E-state index in [1.165, 1.54) is 0 Å². The van der Waals surface area contributed by atoms with Gasteiger partial charge in [0.25, 0.3) is 5.78 Å². The van der Waals surface area contributed by atoms with Gasteiger partial charge in [-0.3, -0.25) is 4.79 Å². The van der Waals surface area contributed by atoms with Crippen LogP contribution in [0.3, 0.4) is 0 Å². The highest BCUT2D eigenvalue weighted by atomic mass is 35.5. The zero-order valence-electron chi connectivity index (χ0n) is 6.40. The number of ketones is 1. The van der Waals surface area contributed by atoms with Gasteiger partial charge in [-0.05, 0) is 6.07 Å². The molecule has 0 amide bonds. The van der Waals surface area contributed by atoms with E-state index in [4.69, 9.17) is 11.6 Å². The Morgan fingerprint density at radius 3 is 2.43 bits per heavy atom. The first-order valence-corrected chi connectivity index (χ1v) is 3.63. The fourth-order valence-electron chi connectivity index (χ4n) is 0.758. The highest BCUT2D eigenvalue weighted by Gasteiger charge is 2.42. The van der Waals surface area contributed by atoms with Crippen LogP contribution >= 0.6 is 11.6 Å². The second kappa shape index (κ2) is 3.53. The molecular weight excluding hydrogens is 226 g/mol. The standard InChI is InChI=1S/C7H2ClF4NO/c8-3-1-2-13-6(9)4(3)5(14)7(10,11)12/h1-2H. The average Bonchev–Trinajstić information content (AvgIpc) is 2.01. The molecule has 7 heteroatoms. The number of pyridine rings is 1.